The summed E-state index contributed by atoms with van der Waals surface area (Å²) in [6.45, 7) is 2.75. The third-order valence-electron chi connectivity index (χ3n) is 9.41. The second-order valence-electron chi connectivity index (χ2n) is 12.5. The van der Waals surface area contributed by atoms with Gasteiger partial charge in [-0.2, -0.15) is 13.2 Å². The van der Waals surface area contributed by atoms with Crippen LogP contribution in [0, 0.1) is 5.92 Å². The molecular formula is C37H33F3N4O3. The van der Waals surface area contributed by atoms with Crippen LogP contribution in [-0.4, -0.2) is 47.5 Å². The van der Waals surface area contributed by atoms with Gasteiger partial charge in [0.15, 0.2) is 0 Å². The maximum Gasteiger partial charge on any atom is 0.416 e. The van der Waals surface area contributed by atoms with Crippen molar-refractivity contribution in [2.24, 2.45) is 5.92 Å². The zero-order chi connectivity index (χ0) is 32.7. The first-order chi connectivity index (χ1) is 22.6. The average molecular weight is 639 g/mol. The molecule has 1 aromatic heterocycles. The van der Waals surface area contributed by atoms with E-state index in [1.165, 1.54) is 17.7 Å². The topological polar surface area (TPSA) is 74.7 Å². The third-order valence-corrected chi connectivity index (χ3v) is 9.41. The van der Waals surface area contributed by atoms with Crippen LogP contribution < -0.4 is 15.8 Å². The van der Waals surface area contributed by atoms with Crippen LogP contribution in [0.4, 0.5) is 24.5 Å². The Kier molecular flexibility index (Phi) is 7.95. The Labute approximate surface area is 269 Å². The molecule has 0 radical (unpaired) electrons. The van der Waals surface area contributed by atoms with Crippen molar-refractivity contribution in [1.29, 1.82) is 0 Å². The quantitative estimate of drug-likeness (QED) is 0.265. The standard InChI is InChI=1S/C37H33F3N4O3/c38-37(39,40)30-9-4-8-27(19-30)35(46)41-31-20-28(36(47)42-16-14-26(15-17-42)25-6-2-1-3-7-25)12-13-33(31)43-21-24-18-29(23-43)32-10-5-11-34(45)44(32)22-24/h1-14,19-20,24,29H,15-18,21-23H2,(H,41,46). The van der Waals surface area contributed by atoms with Gasteiger partial charge in [-0.25, -0.2) is 0 Å². The molecule has 7 rings (SSSR count). The van der Waals surface area contributed by atoms with Crippen LogP contribution >= 0.6 is 0 Å². The van der Waals surface area contributed by atoms with Gasteiger partial charge in [0, 0.05) is 61.5 Å². The maximum atomic E-state index is 13.7. The zero-order valence-corrected chi connectivity index (χ0v) is 25.5. The van der Waals surface area contributed by atoms with Crippen LogP contribution in [0.5, 0.6) is 0 Å². The molecule has 4 aromatic rings. The van der Waals surface area contributed by atoms with E-state index < -0.39 is 17.6 Å². The number of aromatic nitrogens is 1. The number of anilines is 2. The van der Waals surface area contributed by atoms with Crippen LogP contribution in [0.2, 0.25) is 0 Å². The number of halogens is 3. The smallest absolute Gasteiger partial charge is 0.369 e. The van der Waals surface area contributed by atoms with Crippen LogP contribution in [0.25, 0.3) is 5.57 Å². The first-order valence-corrected chi connectivity index (χ1v) is 15.7. The van der Waals surface area contributed by atoms with E-state index in [1.807, 2.05) is 47.0 Å². The number of fused-ring (bicyclic) bond motifs is 4. The van der Waals surface area contributed by atoms with Gasteiger partial charge in [-0.1, -0.05) is 48.5 Å². The van der Waals surface area contributed by atoms with Gasteiger partial charge in [0.05, 0.1) is 16.9 Å². The lowest BCUT2D eigenvalue weighted by Gasteiger charge is -2.44. The van der Waals surface area contributed by atoms with Crippen molar-refractivity contribution in [3.05, 3.63) is 135 Å². The van der Waals surface area contributed by atoms with Crippen molar-refractivity contribution in [2.45, 2.75) is 31.5 Å². The lowest BCUT2D eigenvalue weighted by Crippen LogP contribution is -2.47. The molecule has 2 bridgehead atoms. The summed E-state index contributed by atoms with van der Waals surface area (Å²) in [7, 11) is 0. The molecule has 3 aliphatic heterocycles. The molecule has 0 spiro atoms. The monoisotopic (exact) mass is 638 g/mol. The second-order valence-corrected chi connectivity index (χ2v) is 12.5. The van der Waals surface area contributed by atoms with E-state index in [0.717, 1.165) is 29.8 Å². The lowest BCUT2D eigenvalue weighted by molar-refractivity contribution is -0.137. The minimum Gasteiger partial charge on any atom is -0.369 e. The molecule has 3 aromatic carbocycles. The van der Waals surface area contributed by atoms with Gasteiger partial charge in [0.1, 0.15) is 0 Å². The summed E-state index contributed by atoms with van der Waals surface area (Å²) in [5.74, 6) is -0.625. The highest BCUT2D eigenvalue weighted by Gasteiger charge is 2.36. The summed E-state index contributed by atoms with van der Waals surface area (Å²) in [4.78, 5) is 43.6. The molecule has 10 heteroatoms. The summed E-state index contributed by atoms with van der Waals surface area (Å²) >= 11 is 0. The Morgan fingerprint density at radius 1 is 0.830 bits per heavy atom. The van der Waals surface area contributed by atoms with Gasteiger partial charge < -0.3 is 19.7 Å². The number of carbonyl (C=O) groups is 2. The van der Waals surface area contributed by atoms with E-state index in [-0.39, 0.29) is 28.9 Å². The van der Waals surface area contributed by atoms with Gasteiger partial charge in [0.2, 0.25) is 0 Å². The largest absolute Gasteiger partial charge is 0.416 e. The number of piperidine rings is 1. The molecule has 2 amide bonds. The highest BCUT2D eigenvalue weighted by Crippen LogP contribution is 2.40. The van der Waals surface area contributed by atoms with Crippen molar-refractivity contribution >= 4 is 28.8 Å². The predicted molar refractivity (Wildman–Crippen MR) is 175 cm³/mol. The van der Waals surface area contributed by atoms with E-state index in [0.29, 0.717) is 56.1 Å². The molecule has 1 fully saturated rings. The Morgan fingerprint density at radius 2 is 1.64 bits per heavy atom. The molecule has 2 atom stereocenters. The first kappa shape index (κ1) is 30.5. The molecule has 1 N–H and O–H groups in total. The lowest BCUT2D eigenvalue weighted by atomic mass is 9.83. The average Bonchev–Trinajstić information content (AvgIpc) is 3.08. The number of carbonyl (C=O) groups excluding carboxylic acids is 2. The number of rotatable bonds is 5. The Bertz CT molecular complexity index is 1940. The number of amides is 2. The summed E-state index contributed by atoms with van der Waals surface area (Å²) in [6, 6.07) is 24.8. The molecule has 3 aliphatic rings. The molecule has 240 valence electrons. The minimum atomic E-state index is -4.60. The number of alkyl halides is 3. The van der Waals surface area contributed by atoms with E-state index in [4.69, 9.17) is 0 Å². The Morgan fingerprint density at radius 3 is 2.40 bits per heavy atom. The summed E-state index contributed by atoms with van der Waals surface area (Å²) in [6.07, 6.45) is -0.915. The molecule has 47 heavy (non-hydrogen) atoms. The summed E-state index contributed by atoms with van der Waals surface area (Å²) in [5, 5.41) is 2.84. The van der Waals surface area contributed by atoms with Gasteiger partial charge in [-0.05, 0) is 72.4 Å². The predicted octanol–water partition coefficient (Wildman–Crippen LogP) is 6.67. The fourth-order valence-electron chi connectivity index (χ4n) is 7.12. The van der Waals surface area contributed by atoms with Crippen LogP contribution in [0.3, 0.4) is 0 Å². The van der Waals surface area contributed by atoms with Crippen molar-refractivity contribution < 1.29 is 22.8 Å². The van der Waals surface area contributed by atoms with Crippen LogP contribution in [-0.2, 0) is 12.7 Å². The van der Waals surface area contributed by atoms with Crippen molar-refractivity contribution in [1.82, 2.24) is 9.47 Å². The van der Waals surface area contributed by atoms with E-state index in [9.17, 15) is 27.6 Å². The Balaban J connectivity index is 1.19. The number of hydrogen-bond acceptors (Lipinski definition) is 4. The van der Waals surface area contributed by atoms with Gasteiger partial charge in [-0.15, -0.1) is 0 Å². The fourth-order valence-corrected chi connectivity index (χ4v) is 7.12. The molecular weight excluding hydrogens is 605 g/mol. The maximum absolute atomic E-state index is 13.7. The summed E-state index contributed by atoms with van der Waals surface area (Å²) in [5.41, 5.74) is 3.59. The highest BCUT2D eigenvalue weighted by atomic mass is 19.4. The first-order valence-electron chi connectivity index (χ1n) is 15.7. The molecule has 2 unspecified atom stereocenters. The zero-order valence-electron chi connectivity index (χ0n) is 25.5. The van der Waals surface area contributed by atoms with E-state index in [2.05, 4.69) is 16.3 Å². The third kappa shape index (κ3) is 6.19. The number of hydrogen-bond donors (Lipinski definition) is 1. The van der Waals surface area contributed by atoms with Crippen LogP contribution in [0.1, 0.15) is 56.3 Å². The van der Waals surface area contributed by atoms with E-state index >= 15 is 0 Å². The highest BCUT2D eigenvalue weighted by molar-refractivity contribution is 6.07. The van der Waals surface area contributed by atoms with Gasteiger partial charge in [-0.3, -0.25) is 14.4 Å². The van der Waals surface area contributed by atoms with E-state index in [1.54, 1.807) is 29.2 Å². The molecule has 7 nitrogen and oxygen atoms in total. The summed E-state index contributed by atoms with van der Waals surface area (Å²) < 4.78 is 42.2. The number of pyridine rings is 1. The fraction of sp³-hybridized carbons (Fsp3) is 0.270. The van der Waals surface area contributed by atoms with Crippen molar-refractivity contribution in [2.75, 3.05) is 36.4 Å². The van der Waals surface area contributed by atoms with Gasteiger partial charge >= 0.3 is 6.18 Å². The number of nitrogens with one attached hydrogen (secondary N) is 1. The van der Waals surface area contributed by atoms with Crippen molar-refractivity contribution in [3.63, 3.8) is 0 Å². The SMILES string of the molecule is O=C(Nc1cc(C(=O)N2CC=C(c3ccccc3)CC2)ccc1N1CC2CC(C1)c1cccc(=O)n1C2)c1cccc(C(F)(F)F)c1. The Hall–Kier alpha value is -5.12. The number of benzene rings is 3. The normalized spacial score (nSPS) is 19.1. The van der Waals surface area contributed by atoms with Crippen molar-refractivity contribution in [3.8, 4) is 0 Å². The number of nitrogens with zero attached hydrogens (tertiary/aromatic N) is 3. The second kappa shape index (κ2) is 12.2. The molecule has 0 aliphatic carbocycles. The van der Waals surface area contributed by atoms with Crippen LogP contribution in [0.15, 0.2) is 102 Å². The van der Waals surface area contributed by atoms with Gasteiger partial charge in [0.25, 0.3) is 17.4 Å². The molecule has 0 saturated carbocycles. The minimum absolute atomic E-state index is 0.0222. The molecule has 1 saturated heterocycles. The molecule has 4 heterocycles.